The second-order valence-electron chi connectivity index (χ2n) is 8.52. The first-order valence-electron chi connectivity index (χ1n) is 11.5. The number of aliphatic imine (C=N–C) groups is 1. The SMILES string of the molecule is COC(=O)C1=C(c2ccc(Cl)c(Cl)c2)CC2CCC1N2CCCN(CC[S-])CC([O-])=NCC[S-].[O-2].[Re]. The van der Waals surface area contributed by atoms with Crippen molar-refractivity contribution in [2.75, 3.05) is 51.3 Å². The summed E-state index contributed by atoms with van der Waals surface area (Å²) in [6.07, 6.45) is 3.55. The van der Waals surface area contributed by atoms with Gasteiger partial charge in [-0.1, -0.05) is 29.3 Å². The molecule has 12 heteroatoms. The fraction of sp³-hybridized carbons (Fsp3) is 0.583. The molecule has 2 atom stereocenters. The molecule has 0 aromatic heterocycles. The van der Waals surface area contributed by atoms with E-state index in [2.05, 4.69) is 14.8 Å². The van der Waals surface area contributed by atoms with Crippen molar-refractivity contribution in [1.82, 2.24) is 9.80 Å². The van der Waals surface area contributed by atoms with Gasteiger partial charge in [0, 0.05) is 52.1 Å². The van der Waals surface area contributed by atoms with Crippen molar-refractivity contribution in [2.45, 2.75) is 37.8 Å². The Hall–Kier alpha value is -0.278. The molecule has 1 aromatic carbocycles. The van der Waals surface area contributed by atoms with Gasteiger partial charge in [0.2, 0.25) is 0 Å². The third kappa shape index (κ3) is 8.62. The number of hydrogen-bond acceptors (Lipinski definition) is 8. The Balaban J connectivity index is 0.00000324. The number of benzene rings is 1. The van der Waals surface area contributed by atoms with Crippen molar-refractivity contribution in [3.8, 4) is 0 Å². The van der Waals surface area contributed by atoms with E-state index in [0.717, 1.165) is 55.5 Å². The van der Waals surface area contributed by atoms with E-state index in [-0.39, 0.29) is 50.4 Å². The minimum absolute atomic E-state index is 0. The molecule has 0 N–H and O–H groups in total. The summed E-state index contributed by atoms with van der Waals surface area (Å²) >= 11 is 22.4. The van der Waals surface area contributed by atoms with E-state index in [0.29, 0.717) is 40.7 Å². The van der Waals surface area contributed by atoms with E-state index in [1.165, 1.54) is 7.11 Å². The molecule has 0 saturated carbocycles. The van der Waals surface area contributed by atoms with Crippen molar-refractivity contribution in [3.05, 3.63) is 39.4 Å². The molecule has 2 unspecified atom stereocenters. The Morgan fingerprint density at radius 1 is 1.22 bits per heavy atom. The van der Waals surface area contributed by atoms with Crippen LogP contribution in [-0.2, 0) is 60.7 Å². The zero-order valence-corrected chi connectivity index (χ0v) is 26.0. The van der Waals surface area contributed by atoms with Crippen LogP contribution in [0.4, 0.5) is 0 Å². The van der Waals surface area contributed by atoms with Crippen molar-refractivity contribution in [3.63, 3.8) is 0 Å². The summed E-state index contributed by atoms with van der Waals surface area (Å²) in [5.41, 5.74) is 2.63. The smallest absolute Gasteiger partial charge is 0.335 e. The van der Waals surface area contributed by atoms with Gasteiger partial charge >= 0.3 is 5.97 Å². The van der Waals surface area contributed by atoms with E-state index in [1.807, 2.05) is 12.1 Å². The number of carbonyl (C=O) groups excluding carboxylic acids is 1. The van der Waals surface area contributed by atoms with Gasteiger partial charge in [0.25, 0.3) is 0 Å². The molecule has 0 amide bonds. The predicted molar refractivity (Wildman–Crippen MR) is 142 cm³/mol. The van der Waals surface area contributed by atoms with Crippen LogP contribution in [0.15, 0.2) is 28.8 Å². The van der Waals surface area contributed by atoms with Crippen molar-refractivity contribution in [2.24, 2.45) is 4.99 Å². The molecule has 3 rings (SSSR count). The van der Waals surface area contributed by atoms with Gasteiger partial charge in [-0.25, -0.2) is 4.79 Å². The number of carbonyl (C=O) groups is 1. The number of fused-ring (bicyclic) bond motifs is 2. The van der Waals surface area contributed by atoms with E-state index < -0.39 is 0 Å². The average Bonchev–Trinajstić information content (AvgIpc) is 3.09. The molecule has 2 aliphatic heterocycles. The standard InChI is InChI=1S/C24H33Cl2N3O3S2.O.Re/c1-32-24(31)23-18(16-3-5-19(25)20(26)13-16)14-17-4-6-21(23)29(17)9-2-8-28(10-12-34)15-22(30)27-7-11-33;;/h3,5,13,17,21,33-34H,2,4,6-12,14-15H2,1H3,(H,27,30);;/q;-2;/p-3. The zero-order chi connectivity index (χ0) is 24.7. The third-order valence-electron chi connectivity index (χ3n) is 6.45. The summed E-state index contributed by atoms with van der Waals surface area (Å²) in [6.45, 7) is 2.91. The fourth-order valence-electron chi connectivity index (χ4n) is 4.96. The molecule has 2 aliphatic rings. The van der Waals surface area contributed by atoms with Gasteiger partial charge in [-0.05, 0) is 67.9 Å². The monoisotopic (exact) mass is 745 g/mol. The van der Waals surface area contributed by atoms with E-state index >= 15 is 0 Å². The van der Waals surface area contributed by atoms with Crippen molar-refractivity contribution >= 4 is 65.9 Å². The third-order valence-corrected chi connectivity index (χ3v) is 7.55. The summed E-state index contributed by atoms with van der Waals surface area (Å²) in [5.74, 6) is 0.572. The van der Waals surface area contributed by atoms with Gasteiger partial charge in [0.05, 0.1) is 22.7 Å². The first-order chi connectivity index (χ1) is 16.4. The summed E-state index contributed by atoms with van der Waals surface area (Å²) < 4.78 is 5.19. The molecule has 1 radical (unpaired) electrons. The topological polar surface area (TPSA) is 96.7 Å². The predicted octanol–water partition coefficient (Wildman–Crippen LogP) is 2.58. The number of ether oxygens (including phenoxy) is 1. The molecular weight excluding hydrogens is 716 g/mol. The maximum Gasteiger partial charge on any atom is 0.335 e. The number of halogens is 2. The van der Waals surface area contributed by atoms with Gasteiger partial charge in [0.1, 0.15) is 0 Å². The van der Waals surface area contributed by atoms with Gasteiger partial charge in [-0.15, -0.1) is 0 Å². The van der Waals surface area contributed by atoms with E-state index in [4.69, 9.17) is 53.2 Å². The van der Waals surface area contributed by atoms with Gasteiger partial charge in [-0.3, -0.25) is 4.90 Å². The first kappa shape index (κ1) is 33.8. The van der Waals surface area contributed by atoms with Crippen molar-refractivity contribution < 1.29 is 40.5 Å². The molecule has 7 nitrogen and oxygen atoms in total. The fourth-order valence-corrected chi connectivity index (χ4v) is 5.61. The largest absolute Gasteiger partial charge is 2.00 e. The Morgan fingerprint density at radius 2 is 1.97 bits per heavy atom. The van der Waals surface area contributed by atoms with Crippen LogP contribution in [0.1, 0.15) is 31.2 Å². The minimum atomic E-state index is -0.293. The summed E-state index contributed by atoms with van der Waals surface area (Å²) in [7, 11) is 1.42. The number of esters is 1. The normalized spacial score (nSPS) is 19.8. The first-order valence-corrected chi connectivity index (χ1v) is 13.4. The van der Waals surface area contributed by atoms with Crippen LogP contribution in [0, 0.1) is 0 Å². The van der Waals surface area contributed by atoms with E-state index in [9.17, 15) is 9.90 Å². The Kier molecular flexibility index (Phi) is 15.6. The van der Waals surface area contributed by atoms with Crippen LogP contribution in [0.25, 0.3) is 5.57 Å². The van der Waals surface area contributed by atoms with Crippen LogP contribution >= 0.6 is 23.2 Å². The Labute approximate surface area is 248 Å². The van der Waals surface area contributed by atoms with Crippen LogP contribution in [-0.4, -0.2) is 85.1 Å². The molecule has 0 aliphatic carbocycles. The molecule has 1 aromatic rings. The molecule has 36 heavy (non-hydrogen) atoms. The van der Waals surface area contributed by atoms with Crippen LogP contribution < -0.4 is 5.11 Å². The maximum atomic E-state index is 12.9. The number of rotatable bonds is 12. The molecule has 2 heterocycles. The summed E-state index contributed by atoms with van der Waals surface area (Å²) in [4.78, 5) is 21.3. The maximum absolute atomic E-state index is 12.9. The summed E-state index contributed by atoms with van der Waals surface area (Å²) in [5, 5.41) is 13.0. The molecule has 2 bridgehead atoms. The molecule has 203 valence electrons. The number of methoxy groups -OCH3 is 1. The molecule has 1 saturated heterocycles. The Morgan fingerprint density at radius 3 is 2.61 bits per heavy atom. The van der Waals surface area contributed by atoms with Crippen LogP contribution in [0.5, 0.6) is 0 Å². The zero-order valence-electron chi connectivity index (χ0n) is 20.1. The number of hydrogen-bond donors (Lipinski definition) is 0. The minimum Gasteiger partial charge on any atom is -2.00 e. The van der Waals surface area contributed by atoms with Crippen LogP contribution in [0.3, 0.4) is 0 Å². The van der Waals surface area contributed by atoms with E-state index in [1.54, 1.807) is 6.07 Å². The quantitative estimate of drug-likeness (QED) is 0.141. The number of nitrogens with zero attached hydrogens (tertiary/aromatic N) is 3. The second kappa shape index (κ2) is 16.6. The van der Waals surface area contributed by atoms with Gasteiger partial charge in [-0.2, -0.15) is 11.5 Å². The average molecular weight is 746 g/mol. The van der Waals surface area contributed by atoms with Crippen molar-refractivity contribution in [1.29, 1.82) is 0 Å². The molecule has 1 fully saturated rings. The van der Waals surface area contributed by atoms with Crippen LogP contribution in [0.2, 0.25) is 10.0 Å². The Bertz CT molecular complexity index is 939. The van der Waals surface area contributed by atoms with Gasteiger partial charge < -0.3 is 50.5 Å². The summed E-state index contributed by atoms with van der Waals surface area (Å²) in [6, 6.07) is 5.87. The second-order valence-corrected chi connectivity index (χ2v) is 10.1. The molecule has 0 spiro atoms. The molecular formula is C24H30Cl2N3O4ReS2-5. The van der Waals surface area contributed by atoms with Gasteiger partial charge in [0.15, 0.2) is 0 Å².